The summed E-state index contributed by atoms with van der Waals surface area (Å²) in [5.41, 5.74) is 2.71. The second-order valence-corrected chi connectivity index (χ2v) is 10.6. The zero-order valence-electron chi connectivity index (χ0n) is 17.5. The lowest BCUT2D eigenvalue weighted by Gasteiger charge is -2.33. The van der Waals surface area contributed by atoms with Gasteiger partial charge in [0.2, 0.25) is 10.0 Å². The Hall–Kier alpha value is -2.65. The monoisotopic (exact) mass is 501 g/mol. The Labute approximate surface area is 201 Å². The van der Waals surface area contributed by atoms with E-state index in [9.17, 15) is 8.42 Å². The molecule has 0 saturated carbocycles. The SMILES string of the molecule is O=S(=O)(NC1CCN(c2ncnc3[nH]c(-c4ccc(Cl)cc4)cc23)CC1)c1cccc(Cl)c1. The molecular weight excluding hydrogens is 481 g/mol. The van der Waals surface area contributed by atoms with E-state index < -0.39 is 10.0 Å². The van der Waals surface area contributed by atoms with Gasteiger partial charge in [0.1, 0.15) is 17.8 Å². The smallest absolute Gasteiger partial charge is 0.240 e. The number of fused-ring (bicyclic) bond motifs is 1. The van der Waals surface area contributed by atoms with Crippen LogP contribution in [0.4, 0.5) is 5.82 Å². The normalized spacial score (nSPS) is 15.3. The molecule has 0 unspecified atom stereocenters. The van der Waals surface area contributed by atoms with Crippen molar-refractivity contribution < 1.29 is 8.42 Å². The molecule has 2 aromatic carbocycles. The van der Waals surface area contributed by atoms with Crippen LogP contribution in [0, 0.1) is 0 Å². The van der Waals surface area contributed by atoms with Gasteiger partial charge in [0, 0.05) is 34.9 Å². The van der Waals surface area contributed by atoms with Crippen LogP contribution in [-0.4, -0.2) is 42.5 Å². The third-order valence-electron chi connectivity index (χ3n) is 5.78. The number of H-pyrrole nitrogens is 1. The van der Waals surface area contributed by atoms with Crippen LogP contribution >= 0.6 is 23.2 Å². The summed E-state index contributed by atoms with van der Waals surface area (Å²) in [6, 6.07) is 15.8. The van der Waals surface area contributed by atoms with E-state index in [4.69, 9.17) is 23.2 Å². The number of aromatic amines is 1. The third kappa shape index (κ3) is 4.70. The molecule has 5 rings (SSSR count). The summed E-state index contributed by atoms with van der Waals surface area (Å²) in [7, 11) is -3.62. The number of hydrogen-bond acceptors (Lipinski definition) is 5. The van der Waals surface area contributed by atoms with Crippen molar-refractivity contribution in [2.75, 3.05) is 18.0 Å². The number of piperidine rings is 1. The average Bonchev–Trinajstić information content (AvgIpc) is 3.24. The van der Waals surface area contributed by atoms with Gasteiger partial charge < -0.3 is 9.88 Å². The van der Waals surface area contributed by atoms with Gasteiger partial charge in [-0.1, -0.05) is 41.4 Å². The standard InChI is InChI=1S/C23H21Cl2N5O2S/c24-16-6-4-15(5-7-16)21-13-20-22(28-21)26-14-27-23(20)30-10-8-18(9-11-30)29-33(31,32)19-3-1-2-17(25)12-19/h1-7,12-14,18,29H,8-11H2,(H,26,27,28). The molecule has 4 aromatic rings. The fraction of sp³-hybridized carbons (Fsp3) is 0.217. The number of anilines is 1. The zero-order chi connectivity index (χ0) is 23.0. The molecule has 0 aliphatic carbocycles. The van der Waals surface area contributed by atoms with Gasteiger partial charge >= 0.3 is 0 Å². The van der Waals surface area contributed by atoms with Gasteiger partial charge in [-0.05, 0) is 54.8 Å². The van der Waals surface area contributed by atoms with Gasteiger partial charge in [-0.3, -0.25) is 0 Å². The highest BCUT2D eigenvalue weighted by Gasteiger charge is 2.26. The van der Waals surface area contributed by atoms with Crippen molar-refractivity contribution in [1.82, 2.24) is 19.7 Å². The lowest BCUT2D eigenvalue weighted by molar-refractivity contribution is 0.459. The van der Waals surface area contributed by atoms with Crippen molar-refractivity contribution in [3.8, 4) is 11.3 Å². The summed E-state index contributed by atoms with van der Waals surface area (Å²) >= 11 is 12.0. The molecule has 1 aliphatic rings. The van der Waals surface area contributed by atoms with Gasteiger partial charge in [0.25, 0.3) is 0 Å². The number of sulfonamides is 1. The summed E-state index contributed by atoms with van der Waals surface area (Å²) < 4.78 is 28.3. The van der Waals surface area contributed by atoms with E-state index in [0.29, 0.717) is 36.0 Å². The van der Waals surface area contributed by atoms with E-state index in [1.54, 1.807) is 24.5 Å². The minimum Gasteiger partial charge on any atom is -0.356 e. The minimum atomic E-state index is -3.62. The molecule has 1 fully saturated rings. The molecule has 33 heavy (non-hydrogen) atoms. The fourth-order valence-electron chi connectivity index (χ4n) is 4.09. The van der Waals surface area contributed by atoms with Crippen molar-refractivity contribution in [2.24, 2.45) is 0 Å². The van der Waals surface area contributed by atoms with E-state index >= 15 is 0 Å². The molecule has 2 aromatic heterocycles. The number of nitrogens with zero attached hydrogens (tertiary/aromatic N) is 3. The maximum Gasteiger partial charge on any atom is 0.240 e. The molecule has 3 heterocycles. The Morgan fingerprint density at radius 3 is 2.45 bits per heavy atom. The first-order valence-corrected chi connectivity index (χ1v) is 12.8. The van der Waals surface area contributed by atoms with Gasteiger partial charge in [-0.15, -0.1) is 0 Å². The van der Waals surface area contributed by atoms with Gasteiger partial charge in [-0.25, -0.2) is 23.1 Å². The average molecular weight is 502 g/mol. The lowest BCUT2D eigenvalue weighted by Crippen LogP contribution is -2.44. The Morgan fingerprint density at radius 2 is 1.73 bits per heavy atom. The fourth-order valence-corrected chi connectivity index (χ4v) is 5.83. The first kappa shape index (κ1) is 22.2. The molecule has 0 amide bonds. The quantitative estimate of drug-likeness (QED) is 0.406. The van der Waals surface area contributed by atoms with Crippen LogP contribution < -0.4 is 9.62 Å². The molecular formula is C23H21Cl2N5O2S. The molecule has 1 saturated heterocycles. The number of nitrogens with one attached hydrogen (secondary N) is 2. The Balaban J connectivity index is 1.32. The van der Waals surface area contributed by atoms with Crippen LogP contribution in [0.2, 0.25) is 10.0 Å². The van der Waals surface area contributed by atoms with E-state index in [2.05, 4.69) is 24.6 Å². The summed E-state index contributed by atoms with van der Waals surface area (Å²) in [4.78, 5) is 14.6. The van der Waals surface area contributed by atoms with Gasteiger partial charge in [0.15, 0.2) is 0 Å². The van der Waals surface area contributed by atoms with Crippen molar-refractivity contribution in [3.63, 3.8) is 0 Å². The molecule has 10 heteroatoms. The molecule has 2 N–H and O–H groups in total. The number of rotatable bonds is 5. The first-order chi connectivity index (χ1) is 15.9. The van der Waals surface area contributed by atoms with Crippen LogP contribution in [0.15, 0.2) is 65.8 Å². The van der Waals surface area contributed by atoms with Crippen LogP contribution in [0.25, 0.3) is 22.3 Å². The highest BCUT2D eigenvalue weighted by molar-refractivity contribution is 7.89. The Bertz CT molecular complexity index is 1400. The Kier molecular flexibility index (Phi) is 6.01. The van der Waals surface area contributed by atoms with E-state index in [0.717, 1.165) is 28.1 Å². The molecule has 0 radical (unpaired) electrons. The topological polar surface area (TPSA) is 91.0 Å². The first-order valence-electron chi connectivity index (χ1n) is 10.5. The van der Waals surface area contributed by atoms with Crippen LogP contribution in [0.3, 0.4) is 0 Å². The van der Waals surface area contributed by atoms with Crippen molar-refractivity contribution in [3.05, 3.63) is 71.0 Å². The van der Waals surface area contributed by atoms with Crippen molar-refractivity contribution >= 4 is 50.1 Å². The van der Waals surface area contributed by atoms with Crippen molar-refractivity contribution in [1.29, 1.82) is 0 Å². The molecule has 7 nitrogen and oxygen atoms in total. The van der Waals surface area contributed by atoms with Crippen LogP contribution in [0.1, 0.15) is 12.8 Å². The molecule has 0 bridgehead atoms. The zero-order valence-corrected chi connectivity index (χ0v) is 19.8. The summed E-state index contributed by atoms with van der Waals surface area (Å²) in [6.45, 7) is 1.35. The van der Waals surface area contributed by atoms with E-state index in [1.165, 1.54) is 6.07 Å². The molecule has 170 valence electrons. The minimum absolute atomic E-state index is 0.154. The maximum absolute atomic E-state index is 12.7. The molecule has 0 atom stereocenters. The number of aromatic nitrogens is 3. The lowest BCUT2D eigenvalue weighted by atomic mass is 10.1. The Morgan fingerprint density at radius 1 is 0.970 bits per heavy atom. The predicted molar refractivity (Wildman–Crippen MR) is 131 cm³/mol. The van der Waals surface area contributed by atoms with Crippen LogP contribution in [0.5, 0.6) is 0 Å². The van der Waals surface area contributed by atoms with E-state index in [-0.39, 0.29) is 10.9 Å². The van der Waals surface area contributed by atoms with Gasteiger partial charge in [0.05, 0.1) is 10.3 Å². The summed E-state index contributed by atoms with van der Waals surface area (Å²) in [5, 5.41) is 2.01. The predicted octanol–water partition coefficient (Wildman–Crippen LogP) is 4.88. The van der Waals surface area contributed by atoms with Crippen molar-refractivity contribution in [2.45, 2.75) is 23.8 Å². The third-order valence-corrected chi connectivity index (χ3v) is 7.79. The van der Waals surface area contributed by atoms with E-state index in [1.807, 2.05) is 30.3 Å². The second kappa shape index (κ2) is 8.95. The second-order valence-electron chi connectivity index (χ2n) is 7.99. The van der Waals surface area contributed by atoms with Gasteiger partial charge in [-0.2, -0.15) is 0 Å². The number of hydrogen-bond donors (Lipinski definition) is 2. The number of benzene rings is 2. The molecule has 1 aliphatic heterocycles. The molecule has 0 spiro atoms. The highest BCUT2D eigenvalue weighted by atomic mass is 35.5. The summed E-state index contributed by atoms with van der Waals surface area (Å²) in [5.74, 6) is 0.840. The largest absolute Gasteiger partial charge is 0.356 e. The highest BCUT2D eigenvalue weighted by Crippen LogP contribution is 2.31. The number of halogens is 2. The summed E-state index contributed by atoms with van der Waals surface area (Å²) in [6.07, 6.45) is 2.88. The van der Waals surface area contributed by atoms with Crippen LogP contribution in [-0.2, 0) is 10.0 Å². The maximum atomic E-state index is 12.7.